The van der Waals surface area contributed by atoms with Gasteiger partial charge >= 0.3 is 0 Å². The Labute approximate surface area is 181 Å². The summed E-state index contributed by atoms with van der Waals surface area (Å²) in [6.45, 7) is 4.51. The topological polar surface area (TPSA) is 77.2 Å². The third-order valence-electron chi connectivity index (χ3n) is 4.69. The second-order valence-electron chi connectivity index (χ2n) is 7.16. The Kier molecular flexibility index (Phi) is 6.03. The van der Waals surface area contributed by atoms with Gasteiger partial charge in [0.25, 0.3) is 0 Å². The highest BCUT2D eigenvalue weighted by atomic mass is 16.5. The van der Waals surface area contributed by atoms with Crippen LogP contribution in [0, 0.1) is 13.8 Å². The number of anilines is 1. The van der Waals surface area contributed by atoms with Gasteiger partial charge in [-0.15, -0.1) is 0 Å². The molecule has 0 saturated carbocycles. The van der Waals surface area contributed by atoms with Crippen molar-refractivity contribution in [1.82, 2.24) is 19.7 Å². The van der Waals surface area contributed by atoms with Crippen molar-refractivity contribution in [2.75, 3.05) is 12.5 Å². The van der Waals surface area contributed by atoms with Gasteiger partial charge in [-0.05, 0) is 37.6 Å². The number of benzene rings is 2. The summed E-state index contributed by atoms with van der Waals surface area (Å²) in [4.78, 5) is 8.71. The predicted molar refractivity (Wildman–Crippen MR) is 122 cm³/mol. The number of aryl methyl sites for hydroxylation is 2. The van der Waals surface area contributed by atoms with Gasteiger partial charge in [0.1, 0.15) is 11.4 Å². The van der Waals surface area contributed by atoms with E-state index in [0.29, 0.717) is 12.5 Å². The highest BCUT2D eigenvalue weighted by molar-refractivity contribution is 5.90. The van der Waals surface area contributed by atoms with Crippen molar-refractivity contribution in [1.29, 1.82) is 0 Å². The summed E-state index contributed by atoms with van der Waals surface area (Å²) >= 11 is 0. The molecule has 0 unspecified atom stereocenters. The van der Waals surface area contributed by atoms with E-state index < -0.39 is 0 Å². The number of para-hydroxylation sites is 1. The van der Waals surface area contributed by atoms with E-state index in [0.717, 1.165) is 34.0 Å². The first-order valence-electron chi connectivity index (χ1n) is 9.98. The molecule has 4 rings (SSSR count). The minimum absolute atomic E-state index is 0.462. The number of nitrogens with one attached hydrogen (secondary N) is 1. The van der Waals surface area contributed by atoms with Crippen LogP contribution in [0.3, 0.4) is 0 Å². The molecular weight excluding hydrogens is 388 g/mol. The van der Waals surface area contributed by atoms with Crippen LogP contribution in [-0.2, 0) is 6.54 Å². The molecule has 4 aromatic rings. The summed E-state index contributed by atoms with van der Waals surface area (Å²) in [5.74, 6) is 1.22. The average Bonchev–Trinajstić information content (AvgIpc) is 3.16. The quantitative estimate of drug-likeness (QED) is 0.358. The zero-order chi connectivity index (χ0) is 21.6. The van der Waals surface area contributed by atoms with Gasteiger partial charge in [0.05, 0.1) is 19.9 Å². The molecule has 0 aliphatic rings. The summed E-state index contributed by atoms with van der Waals surface area (Å²) in [6, 6.07) is 20.0. The molecule has 156 valence electrons. The fraction of sp³-hybridized carbons (Fsp3) is 0.167. The van der Waals surface area contributed by atoms with E-state index in [-0.39, 0.29) is 0 Å². The summed E-state index contributed by atoms with van der Waals surface area (Å²) in [5.41, 5.74) is 8.41. The molecular formula is C24H24N6O. The van der Waals surface area contributed by atoms with Crippen molar-refractivity contribution in [2.45, 2.75) is 20.4 Å². The van der Waals surface area contributed by atoms with Gasteiger partial charge in [0, 0.05) is 28.7 Å². The van der Waals surface area contributed by atoms with Crippen molar-refractivity contribution in [3.8, 4) is 17.0 Å². The molecule has 0 saturated heterocycles. The third-order valence-corrected chi connectivity index (χ3v) is 4.69. The Balaban J connectivity index is 1.67. The number of hydrazone groups is 1. The summed E-state index contributed by atoms with van der Waals surface area (Å²) in [5, 5.41) is 9.19. The van der Waals surface area contributed by atoms with E-state index >= 15 is 0 Å². The zero-order valence-electron chi connectivity index (χ0n) is 17.8. The van der Waals surface area contributed by atoms with Crippen molar-refractivity contribution in [2.24, 2.45) is 5.10 Å². The van der Waals surface area contributed by atoms with Crippen LogP contribution in [0.4, 0.5) is 5.95 Å². The lowest BCUT2D eigenvalue weighted by Crippen LogP contribution is -2.00. The normalized spacial score (nSPS) is 11.1. The maximum Gasteiger partial charge on any atom is 0.243 e. The van der Waals surface area contributed by atoms with E-state index in [2.05, 4.69) is 32.6 Å². The molecule has 2 heterocycles. The zero-order valence-corrected chi connectivity index (χ0v) is 17.8. The van der Waals surface area contributed by atoms with Gasteiger partial charge in [-0.3, -0.25) is 4.68 Å². The van der Waals surface area contributed by atoms with Crippen LogP contribution in [0.1, 0.15) is 22.5 Å². The highest BCUT2D eigenvalue weighted by Crippen LogP contribution is 2.30. The number of aromatic nitrogens is 4. The van der Waals surface area contributed by atoms with Gasteiger partial charge in [0.2, 0.25) is 5.95 Å². The van der Waals surface area contributed by atoms with Gasteiger partial charge in [-0.25, -0.2) is 15.4 Å². The molecule has 7 nitrogen and oxygen atoms in total. The number of hydrogen-bond donors (Lipinski definition) is 1. The molecule has 2 aromatic heterocycles. The molecule has 0 aliphatic carbocycles. The Morgan fingerprint density at radius 2 is 1.71 bits per heavy atom. The minimum Gasteiger partial charge on any atom is -0.496 e. The second kappa shape index (κ2) is 9.21. The van der Waals surface area contributed by atoms with Crippen molar-refractivity contribution >= 4 is 12.2 Å². The van der Waals surface area contributed by atoms with Crippen LogP contribution >= 0.6 is 0 Å². The SMILES string of the molecule is COc1ccccc1-c1nn(Cc2ccccc2)cc1/C=N\Nc1nc(C)cc(C)n1. The number of ether oxygens (including phenoxy) is 1. The van der Waals surface area contributed by atoms with Crippen molar-refractivity contribution in [3.05, 3.63) is 89.4 Å². The first kappa shape index (κ1) is 20.3. The van der Waals surface area contributed by atoms with Crippen LogP contribution in [0.25, 0.3) is 11.3 Å². The van der Waals surface area contributed by atoms with Crippen molar-refractivity contribution < 1.29 is 4.74 Å². The molecule has 0 bridgehead atoms. The molecule has 0 amide bonds. The molecule has 0 aliphatic heterocycles. The first-order valence-corrected chi connectivity index (χ1v) is 9.98. The molecule has 0 radical (unpaired) electrons. The Bertz CT molecular complexity index is 1180. The Hall–Kier alpha value is -4.00. The van der Waals surface area contributed by atoms with Crippen LogP contribution in [0.5, 0.6) is 5.75 Å². The van der Waals surface area contributed by atoms with E-state index in [1.165, 1.54) is 5.56 Å². The number of nitrogens with zero attached hydrogens (tertiary/aromatic N) is 5. The lowest BCUT2D eigenvalue weighted by Gasteiger charge is -2.06. The fourth-order valence-corrected chi connectivity index (χ4v) is 3.37. The number of hydrogen-bond acceptors (Lipinski definition) is 6. The third kappa shape index (κ3) is 4.95. The number of methoxy groups -OCH3 is 1. The predicted octanol–water partition coefficient (Wildman–Crippen LogP) is 4.46. The van der Waals surface area contributed by atoms with E-state index in [4.69, 9.17) is 9.84 Å². The van der Waals surface area contributed by atoms with Crippen LogP contribution in [-0.4, -0.2) is 33.1 Å². The van der Waals surface area contributed by atoms with Crippen LogP contribution < -0.4 is 10.2 Å². The van der Waals surface area contributed by atoms with Crippen molar-refractivity contribution in [3.63, 3.8) is 0 Å². The largest absolute Gasteiger partial charge is 0.496 e. The lowest BCUT2D eigenvalue weighted by molar-refractivity contribution is 0.416. The molecule has 1 N–H and O–H groups in total. The lowest BCUT2D eigenvalue weighted by atomic mass is 10.1. The van der Waals surface area contributed by atoms with Gasteiger partial charge in [0.15, 0.2) is 0 Å². The molecule has 2 aromatic carbocycles. The Morgan fingerprint density at radius 3 is 2.45 bits per heavy atom. The standard InChI is InChI=1S/C24H24N6O/c1-17-13-18(2)27-24(26-17)28-25-14-20-16-30(15-19-9-5-4-6-10-19)29-23(20)21-11-7-8-12-22(21)31-3/h4-14,16H,15H2,1-3H3,(H,26,27,28)/b25-14-. The van der Waals surface area contributed by atoms with Crippen LogP contribution in [0.2, 0.25) is 0 Å². The van der Waals surface area contributed by atoms with Gasteiger partial charge in [-0.1, -0.05) is 42.5 Å². The second-order valence-corrected chi connectivity index (χ2v) is 7.16. The van der Waals surface area contributed by atoms with Crippen LogP contribution in [0.15, 0.2) is 72.0 Å². The summed E-state index contributed by atoms with van der Waals surface area (Å²) in [6.07, 6.45) is 3.71. The van der Waals surface area contributed by atoms with Gasteiger partial charge < -0.3 is 4.74 Å². The highest BCUT2D eigenvalue weighted by Gasteiger charge is 2.14. The van der Waals surface area contributed by atoms with E-state index in [1.54, 1.807) is 13.3 Å². The number of rotatable bonds is 7. The summed E-state index contributed by atoms with van der Waals surface area (Å²) in [7, 11) is 1.66. The Morgan fingerprint density at radius 1 is 1.00 bits per heavy atom. The van der Waals surface area contributed by atoms with E-state index in [1.807, 2.05) is 73.3 Å². The monoisotopic (exact) mass is 412 g/mol. The van der Waals surface area contributed by atoms with E-state index in [9.17, 15) is 0 Å². The fourth-order valence-electron chi connectivity index (χ4n) is 3.37. The smallest absolute Gasteiger partial charge is 0.243 e. The molecule has 0 atom stereocenters. The average molecular weight is 412 g/mol. The molecule has 0 spiro atoms. The minimum atomic E-state index is 0.462. The molecule has 0 fully saturated rings. The van der Waals surface area contributed by atoms with Gasteiger partial charge in [-0.2, -0.15) is 10.2 Å². The summed E-state index contributed by atoms with van der Waals surface area (Å²) < 4.78 is 7.46. The molecule has 7 heteroatoms. The maximum absolute atomic E-state index is 5.55. The molecule has 31 heavy (non-hydrogen) atoms. The maximum atomic E-state index is 5.55. The first-order chi connectivity index (χ1) is 15.1.